The molecule has 152 valence electrons. The van der Waals surface area contributed by atoms with Gasteiger partial charge in [-0.25, -0.2) is 0 Å². The Balaban J connectivity index is 1.46. The van der Waals surface area contributed by atoms with E-state index in [0.717, 1.165) is 11.1 Å². The van der Waals surface area contributed by atoms with Gasteiger partial charge in [-0.3, -0.25) is 25.2 Å². The van der Waals surface area contributed by atoms with E-state index >= 15 is 0 Å². The van der Waals surface area contributed by atoms with E-state index in [1.165, 1.54) is 0 Å². The molecule has 7 heteroatoms. The second-order valence-electron chi connectivity index (χ2n) is 7.22. The third-order valence-corrected chi connectivity index (χ3v) is 4.78. The number of rotatable bonds is 6. The van der Waals surface area contributed by atoms with E-state index in [9.17, 15) is 14.4 Å². The van der Waals surface area contributed by atoms with Gasteiger partial charge in [-0.2, -0.15) is 0 Å². The molecule has 1 fully saturated rings. The van der Waals surface area contributed by atoms with Gasteiger partial charge in [0.15, 0.2) is 6.10 Å². The Morgan fingerprint density at radius 2 is 1.90 bits per heavy atom. The molecule has 1 saturated heterocycles. The Morgan fingerprint density at radius 1 is 1.14 bits per heavy atom. The zero-order valence-electron chi connectivity index (χ0n) is 16.6. The maximum Gasteiger partial charge on any atom is 0.279 e. The van der Waals surface area contributed by atoms with Gasteiger partial charge in [0.1, 0.15) is 5.75 Å². The van der Waals surface area contributed by atoms with Gasteiger partial charge < -0.3 is 9.64 Å². The molecule has 2 atom stereocenters. The number of nitrogens with zero attached hydrogens (tertiary/aromatic N) is 1. The summed E-state index contributed by atoms with van der Waals surface area (Å²) in [7, 11) is 0. The SMILES string of the molecule is Cc1cccc(OC(C)C(=O)NNC(=O)C2CC(=O)N(Cc3ccccc3)C2)c1. The van der Waals surface area contributed by atoms with Crippen molar-refractivity contribution in [3.63, 3.8) is 0 Å². The molecular formula is C22H25N3O4. The second-order valence-corrected chi connectivity index (χ2v) is 7.22. The first kappa shape index (κ1) is 20.4. The quantitative estimate of drug-likeness (QED) is 0.732. The van der Waals surface area contributed by atoms with Gasteiger partial charge >= 0.3 is 0 Å². The highest BCUT2D eigenvalue weighted by molar-refractivity contribution is 5.90. The van der Waals surface area contributed by atoms with Crippen LogP contribution in [0, 0.1) is 12.8 Å². The Kier molecular flexibility index (Phi) is 6.49. The highest BCUT2D eigenvalue weighted by Gasteiger charge is 2.34. The molecule has 7 nitrogen and oxygen atoms in total. The van der Waals surface area contributed by atoms with E-state index < -0.39 is 17.9 Å². The summed E-state index contributed by atoms with van der Waals surface area (Å²) in [6.45, 7) is 4.33. The molecule has 29 heavy (non-hydrogen) atoms. The van der Waals surface area contributed by atoms with Gasteiger partial charge in [0, 0.05) is 19.5 Å². The van der Waals surface area contributed by atoms with Crippen LogP contribution < -0.4 is 15.6 Å². The van der Waals surface area contributed by atoms with E-state index in [1.807, 2.05) is 55.5 Å². The first-order valence-electron chi connectivity index (χ1n) is 9.57. The number of carbonyl (C=O) groups excluding carboxylic acids is 3. The molecule has 3 amide bonds. The largest absolute Gasteiger partial charge is 0.481 e. The van der Waals surface area contributed by atoms with E-state index in [0.29, 0.717) is 18.8 Å². The number of ether oxygens (including phenoxy) is 1. The van der Waals surface area contributed by atoms with Gasteiger partial charge in [-0.15, -0.1) is 0 Å². The number of likely N-dealkylation sites (tertiary alicyclic amines) is 1. The fourth-order valence-electron chi connectivity index (χ4n) is 3.18. The van der Waals surface area contributed by atoms with Crippen LogP contribution in [0.25, 0.3) is 0 Å². The molecule has 0 aromatic heterocycles. The van der Waals surface area contributed by atoms with Crippen molar-refractivity contribution in [2.75, 3.05) is 6.54 Å². The summed E-state index contributed by atoms with van der Waals surface area (Å²) in [6.07, 6.45) is -0.652. The zero-order valence-corrected chi connectivity index (χ0v) is 16.6. The normalized spacial score (nSPS) is 17.0. The monoisotopic (exact) mass is 395 g/mol. The number of amides is 3. The summed E-state index contributed by atoms with van der Waals surface area (Å²) in [5, 5.41) is 0. The minimum absolute atomic E-state index is 0.0727. The van der Waals surface area contributed by atoms with Crippen LogP contribution in [-0.4, -0.2) is 35.3 Å². The maximum absolute atomic E-state index is 12.4. The zero-order chi connectivity index (χ0) is 20.8. The van der Waals surface area contributed by atoms with Crippen LogP contribution in [0.15, 0.2) is 54.6 Å². The van der Waals surface area contributed by atoms with Crippen LogP contribution in [0.5, 0.6) is 5.75 Å². The molecule has 0 saturated carbocycles. The molecule has 1 heterocycles. The molecule has 3 rings (SSSR count). The highest BCUT2D eigenvalue weighted by Crippen LogP contribution is 2.20. The minimum Gasteiger partial charge on any atom is -0.481 e. The van der Waals surface area contributed by atoms with Crippen molar-refractivity contribution in [2.24, 2.45) is 5.92 Å². The number of aryl methyl sites for hydroxylation is 1. The molecule has 0 radical (unpaired) electrons. The molecule has 1 aliphatic heterocycles. The van der Waals surface area contributed by atoms with E-state index in [4.69, 9.17) is 4.74 Å². The first-order chi connectivity index (χ1) is 13.9. The van der Waals surface area contributed by atoms with E-state index in [1.54, 1.807) is 17.9 Å². The van der Waals surface area contributed by atoms with E-state index in [-0.39, 0.29) is 18.2 Å². The van der Waals surface area contributed by atoms with Crippen LogP contribution >= 0.6 is 0 Å². The van der Waals surface area contributed by atoms with Crippen LogP contribution in [0.4, 0.5) is 0 Å². The average molecular weight is 395 g/mol. The van der Waals surface area contributed by atoms with Gasteiger partial charge in [0.25, 0.3) is 5.91 Å². The van der Waals surface area contributed by atoms with Crippen molar-refractivity contribution >= 4 is 17.7 Å². The molecule has 0 bridgehead atoms. The van der Waals surface area contributed by atoms with Crippen molar-refractivity contribution in [3.8, 4) is 5.75 Å². The fraction of sp³-hybridized carbons (Fsp3) is 0.318. The number of hydrogen-bond donors (Lipinski definition) is 2. The molecule has 2 N–H and O–H groups in total. The smallest absolute Gasteiger partial charge is 0.279 e. The van der Waals surface area contributed by atoms with Gasteiger partial charge in [0.2, 0.25) is 11.8 Å². The van der Waals surface area contributed by atoms with Crippen LogP contribution in [0.1, 0.15) is 24.5 Å². The molecule has 2 aromatic rings. The number of benzene rings is 2. The predicted octanol–water partition coefficient (Wildman–Crippen LogP) is 1.96. The summed E-state index contributed by atoms with van der Waals surface area (Å²) in [4.78, 5) is 38.4. The van der Waals surface area contributed by atoms with Crippen molar-refractivity contribution in [1.82, 2.24) is 15.8 Å². The van der Waals surface area contributed by atoms with Crippen molar-refractivity contribution in [1.29, 1.82) is 0 Å². The standard InChI is InChI=1S/C22H25N3O4/c1-15-7-6-10-19(11-15)29-16(2)21(27)23-24-22(28)18-12-20(26)25(14-18)13-17-8-4-3-5-9-17/h3-11,16,18H,12-14H2,1-2H3,(H,23,27)(H,24,28). The Bertz CT molecular complexity index is 885. The molecular weight excluding hydrogens is 370 g/mol. The molecule has 0 spiro atoms. The topological polar surface area (TPSA) is 87.7 Å². The number of hydrazine groups is 1. The fourth-order valence-corrected chi connectivity index (χ4v) is 3.18. The number of hydrogen-bond acceptors (Lipinski definition) is 4. The minimum atomic E-state index is -0.781. The van der Waals surface area contributed by atoms with Gasteiger partial charge in [-0.05, 0) is 37.1 Å². The number of nitrogens with one attached hydrogen (secondary N) is 2. The van der Waals surface area contributed by atoms with E-state index in [2.05, 4.69) is 10.9 Å². The Morgan fingerprint density at radius 3 is 2.62 bits per heavy atom. The first-order valence-corrected chi connectivity index (χ1v) is 9.57. The lowest BCUT2D eigenvalue weighted by molar-refractivity contribution is -0.134. The lowest BCUT2D eigenvalue weighted by Crippen LogP contribution is -2.49. The van der Waals surface area contributed by atoms with Crippen molar-refractivity contribution in [2.45, 2.75) is 32.9 Å². The highest BCUT2D eigenvalue weighted by atomic mass is 16.5. The summed E-state index contributed by atoms with van der Waals surface area (Å²) in [5.41, 5.74) is 6.82. The van der Waals surface area contributed by atoms with Crippen molar-refractivity contribution < 1.29 is 19.1 Å². The summed E-state index contributed by atoms with van der Waals surface area (Å²) < 4.78 is 5.59. The van der Waals surface area contributed by atoms with Crippen LogP contribution in [-0.2, 0) is 20.9 Å². The van der Waals surface area contributed by atoms with Crippen LogP contribution in [0.2, 0.25) is 0 Å². The third-order valence-electron chi connectivity index (χ3n) is 4.78. The lowest BCUT2D eigenvalue weighted by atomic mass is 10.1. The number of carbonyl (C=O) groups is 3. The Hall–Kier alpha value is -3.35. The summed E-state index contributed by atoms with van der Waals surface area (Å²) in [6, 6.07) is 17.0. The van der Waals surface area contributed by atoms with Gasteiger partial charge in [-0.1, -0.05) is 42.5 Å². The molecule has 2 unspecified atom stereocenters. The van der Waals surface area contributed by atoms with Crippen molar-refractivity contribution in [3.05, 3.63) is 65.7 Å². The molecule has 0 aliphatic carbocycles. The van der Waals surface area contributed by atoms with Gasteiger partial charge in [0.05, 0.1) is 5.92 Å². The molecule has 1 aliphatic rings. The summed E-state index contributed by atoms with van der Waals surface area (Å²) in [5.74, 6) is -0.844. The van der Waals surface area contributed by atoms with Crippen LogP contribution in [0.3, 0.4) is 0 Å². The average Bonchev–Trinajstić information content (AvgIpc) is 3.07. The lowest BCUT2D eigenvalue weighted by Gasteiger charge is -2.18. The summed E-state index contributed by atoms with van der Waals surface area (Å²) >= 11 is 0. The third kappa shape index (κ3) is 5.57. The maximum atomic E-state index is 12.4. The second kappa shape index (κ2) is 9.23. The molecule has 2 aromatic carbocycles. The predicted molar refractivity (Wildman–Crippen MR) is 108 cm³/mol. The Labute approximate surface area is 170 Å².